The Bertz CT molecular complexity index is 859. The molecule has 4 nitrogen and oxygen atoms in total. The van der Waals surface area contributed by atoms with Crippen molar-refractivity contribution in [3.05, 3.63) is 94.9 Å². The van der Waals surface area contributed by atoms with Crippen molar-refractivity contribution >= 4 is 0 Å². The molecule has 1 heterocycles. The summed E-state index contributed by atoms with van der Waals surface area (Å²) >= 11 is 0. The molecule has 0 bridgehead atoms. The summed E-state index contributed by atoms with van der Waals surface area (Å²) in [5, 5.41) is 10.5. The number of furan rings is 1. The summed E-state index contributed by atoms with van der Waals surface area (Å²) in [6.45, 7) is 5.65. The molecule has 1 aromatic heterocycles. The van der Waals surface area contributed by atoms with E-state index in [1.807, 2.05) is 49.4 Å². The van der Waals surface area contributed by atoms with Crippen molar-refractivity contribution in [1.82, 2.24) is 0 Å². The maximum atomic E-state index is 10.5. The smallest absolute Gasteiger partial charge is 0.158 e. The molecule has 0 saturated heterocycles. The highest BCUT2D eigenvalue weighted by atomic mass is 16.5. The second-order valence-corrected chi connectivity index (χ2v) is 7.48. The minimum Gasteiger partial charge on any atom is -0.460 e. The molecule has 0 saturated carbocycles. The van der Waals surface area contributed by atoms with Gasteiger partial charge in [0.1, 0.15) is 31.1 Å². The van der Waals surface area contributed by atoms with Crippen LogP contribution in [0.15, 0.2) is 71.1 Å². The van der Waals surface area contributed by atoms with Crippen LogP contribution in [0.1, 0.15) is 34.3 Å². The van der Waals surface area contributed by atoms with E-state index in [9.17, 15) is 5.11 Å². The van der Waals surface area contributed by atoms with Crippen LogP contribution in [0.4, 0.5) is 0 Å². The lowest BCUT2D eigenvalue weighted by Crippen LogP contribution is -3.08. The van der Waals surface area contributed by atoms with E-state index in [4.69, 9.17) is 9.15 Å². The molecule has 3 aromatic rings. The first-order valence-electron chi connectivity index (χ1n) is 9.79. The van der Waals surface area contributed by atoms with E-state index in [-0.39, 0.29) is 12.7 Å². The Labute approximate surface area is 167 Å². The molecule has 2 aromatic carbocycles. The normalized spacial score (nSPS) is 14.6. The monoisotopic (exact) mass is 380 g/mol. The molecule has 0 aliphatic heterocycles. The zero-order valence-corrected chi connectivity index (χ0v) is 16.9. The van der Waals surface area contributed by atoms with Crippen molar-refractivity contribution in [2.75, 3.05) is 20.2 Å². The molecule has 2 N–H and O–H groups in total. The number of hydrogen-bond donors (Lipinski definition) is 2. The standard InChI is InChI=1S/C24H29NO3/c1-18-9-7-8-12-23(18)24(20-10-5-4-6-11-20)27-17-21(26)15-25(3)16-22-14-13-19(2)28-22/h4-14,21,24,26H,15-17H2,1-3H3/p+1/t21-,24+/m0/s1. The van der Waals surface area contributed by atoms with Crippen molar-refractivity contribution in [2.24, 2.45) is 0 Å². The third-order valence-corrected chi connectivity index (χ3v) is 4.88. The number of benzene rings is 2. The third-order valence-electron chi connectivity index (χ3n) is 4.88. The molecule has 0 amide bonds. The van der Waals surface area contributed by atoms with E-state index in [2.05, 4.69) is 38.2 Å². The van der Waals surface area contributed by atoms with Gasteiger partial charge in [0.25, 0.3) is 0 Å². The van der Waals surface area contributed by atoms with Crippen LogP contribution in [0.25, 0.3) is 0 Å². The summed E-state index contributed by atoms with van der Waals surface area (Å²) in [7, 11) is 2.05. The lowest BCUT2D eigenvalue weighted by Gasteiger charge is -2.23. The number of rotatable bonds is 9. The van der Waals surface area contributed by atoms with Gasteiger partial charge in [-0.2, -0.15) is 0 Å². The van der Waals surface area contributed by atoms with Crippen LogP contribution >= 0.6 is 0 Å². The van der Waals surface area contributed by atoms with Crippen molar-refractivity contribution < 1.29 is 19.2 Å². The van der Waals surface area contributed by atoms with Gasteiger partial charge in [-0.3, -0.25) is 0 Å². The number of likely N-dealkylation sites (N-methyl/N-ethyl adjacent to an activating group) is 1. The van der Waals surface area contributed by atoms with Gasteiger partial charge < -0.3 is 19.2 Å². The lowest BCUT2D eigenvalue weighted by molar-refractivity contribution is -0.898. The average molecular weight is 381 g/mol. The molecule has 0 radical (unpaired) electrons. The minimum atomic E-state index is -0.550. The molecule has 3 rings (SSSR count). The molecule has 28 heavy (non-hydrogen) atoms. The molecule has 3 atom stereocenters. The number of aryl methyl sites for hydroxylation is 2. The van der Waals surface area contributed by atoms with Gasteiger partial charge in [-0.05, 0) is 42.7 Å². The van der Waals surface area contributed by atoms with Gasteiger partial charge in [0.15, 0.2) is 5.76 Å². The second-order valence-electron chi connectivity index (χ2n) is 7.48. The van der Waals surface area contributed by atoms with Gasteiger partial charge in [0, 0.05) is 0 Å². The Kier molecular flexibility index (Phi) is 7.04. The highest BCUT2D eigenvalue weighted by molar-refractivity contribution is 5.35. The maximum absolute atomic E-state index is 10.5. The molecule has 4 heteroatoms. The van der Waals surface area contributed by atoms with Gasteiger partial charge in [-0.25, -0.2) is 0 Å². The molecule has 0 aliphatic rings. The number of ether oxygens (including phenoxy) is 1. The van der Waals surface area contributed by atoms with Gasteiger partial charge in [0.05, 0.1) is 13.7 Å². The van der Waals surface area contributed by atoms with Gasteiger partial charge in [-0.15, -0.1) is 0 Å². The summed E-state index contributed by atoms with van der Waals surface area (Å²) < 4.78 is 11.9. The topological polar surface area (TPSA) is 47.0 Å². The molecular formula is C24H30NO3+. The van der Waals surface area contributed by atoms with Crippen LogP contribution in [-0.2, 0) is 11.3 Å². The van der Waals surface area contributed by atoms with Gasteiger partial charge in [0.2, 0.25) is 0 Å². The van der Waals surface area contributed by atoms with Crippen LogP contribution in [0.3, 0.4) is 0 Å². The van der Waals surface area contributed by atoms with E-state index in [1.54, 1.807) is 0 Å². The lowest BCUT2D eigenvalue weighted by atomic mass is 9.97. The average Bonchev–Trinajstić information content (AvgIpc) is 3.08. The Balaban J connectivity index is 1.62. The molecular weight excluding hydrogens is 350 g/mol. The second kappa shape index (κ2) is 9.69. The van der Waals surface area contributed by atoms with E-state index in [0.717, 1.165) is 29.2 Å². The SMILES string of the molecule is Cc1ccc(C[NH+](C)C[C@H](O)CO[C@H](c2ccccc2)c2ccccc2C)o1. The van der Waals surface area contributed by atoms with E-state index in [1.165, 1.54) is 10.5 Å². The summed E-state index contributed by atoms with van der Waals surface area (Å²) in [5.74, 6) is 1.85. The zero-order chi connectivity index (χ0) is 19.9. The van der Waals surface area contributed by atoms with Gasteiger partial charge >= 0.3 is 0 Å². The largest absolute Gasteiger partial charge is 0.460 e. The minimum absolute atomic E-state index is 0.190. The van der Waals surface area contributed by atoms with Crippen LogP contribution in [0.2, 0.25) is 0 Å². The number of aliphatic hydroxyl groups is 1. The van der Waals surface area contributed by atoms with Crippen molar-refractivity contribution in [3.8, 4) is 0 Å². The van der Waals surface area contributed by atoms with Crippen LogP contribution in [0.5, 0.6) is 0 Å². The summed E-state index contributed by atoms with van der Waals surface area (Å²) in [6.07, 6.45) is -0.739. The molecule has 0 spiro atoms. The van der Waals surface area contributed by atoms with E-state index >= 15 is 0 Å². The van der Waals surface area contributed by atoms with Crippen LogP contribution < -0.4 is 4.90 Å². The fraction of sp³-hybridized carbons (Fsp3) is 0.333. The Morgan fingerprint density at radius 1 is 0.964 bits per heavy atom. The molecule has 1 unspecified atom stereocenters. The Hall–Kier alpha value is -2.40. The molecule has 0 fully saturated rings. The van der Waals surface area contributed by atoms with Crippen LogP contribution in [0, 0.1) is 13.8 Å². The first kappa shape index (κ1) is 20.3. The summed E-state index contributed by atoms with van der Waals surface area (Å²) in [6, 6.07) is 22.4. The van der Waals surface area contributed by atoms with Crippen molar-refractivity contribution in [3.63, 3.8) is 0 Å². The summed E-state index contributed by atoms with van der Waals surface area (Å²) in [4.78, 5) is 1.18. The molecule has 0 aliphatic carbocycles. The first-order chi connectivity index (χ1) is 13.5. The first-order valence-corrected chi connectivity index (χ1v) is 9.79. The highest BCUT2D eigenvalue weighted by Crippen LogP contribution is 2.28. The van der Waals surface area contributed by atoms with Crippen LogP contribution in [-0.4, -0.2) is 31.4 Å². The number of quaternary nitrogens is 1. The van der Waals surface area contributed by atoms with E-state index in [0.29, 0.717) is 6.54 Å². The number of hydrogen-bond acceptors (Lipinski definition) is 3. The maximum Gasteiger partial charge on any atom is 0.158 e. The molecule has 148 valence electrons. The number of aliphatic hydroxyl groups excluding tert-OH is 1. The summed E-state index contributed by atoms with van der Waals surface area (Å²) in [5.41, 5.74) is 3.41. The van der Waals surface area contributed by atoms with Crippen molar-refractivity contribution in [2.45, 2.75) is 32.6 Å². The van der Waals surface area contributed by atoms with Crippen molar-refractivity contribution in [1.29, 1.82) is 0 Å². The fourth-order valence-corrected chi connectivity index (χ4v) is 3.49. The quantitative estimate of drug-likeness (QED) is 0.600. The predicted molar refractivity (Wildman–Crippen MR) is 110 cm³/mol. The Morgan fingerprint density at radius 3 is 2.36 bits per heavy atom. The predicted octanol–water partition coefficient (Wildman–Crippen LogP) is 3.08. The zero-order valence-electron chi connectivity index (χ0n) is 16.9. The van der Waals surface area contributed by atoms with E-state index < -0.39 is 6.10 Å². The number of nitrogens with one attached hydrogen (secondary N) is 1. The fourth-order valence-electron chi connectivity index (χ4n) is 3.49. The highest BCUT2D eigenvalue weighted by Gasteiger charge is 2.20. The Morgan fingerprint density at radius 2 is 1.68 bits per heavy atom. The van der Waals surface area contributed by atoms with Gasteiger partial charge in [-0.1, -0.05) is 54.6 Å². The third kappa shape index (κ3) is 5.55.